The Kier molecular flexibility index (Phi) is 6.41. The lowest BCUT2D eigenvalue weighted by molar-refractivity contribution is -0.270. The highest BCUT2D eigenvalue weighted by Crippen LogP contribution is 2.39. The second kappa shape index (κ2) is 8.96. The molecule has 2 heterocycles. The van der Waals surface area contributed by atoms with Crippen LogP contribution in [0.5, 0.6) is 5.75 Å². The molecule has 4 aromatic rings. The highest BCUT2D eigenvalue weighted by Gasteiger charge is 2.32. The Balaban J connectivity index is 1.90. The Hall–Kier alpha value is -3.32. The van der Waals surface area contributed by atoms with Gasteiger partial charge in [-0.25, -0.2) is 18.2 Å². The summed E-state index contributed by atoms with van der Waals surface area (Å²) in [5.74, 6) is -2.12. The third-order valence-electron chi connectivity index (χ3n) is 5.95. The topological polar surface area (TPSA) is 117 Å². The lowest BCUT2D eigenvalue weighted by Gasteiger charge is -2.19. The molecule has 0 amide bonds. The number of hydrogen-bond acceptors (Lipinski definition) is 5. The number of benzene rings is 2. The molecule has 2 aromatic heterocycles. The number of carbonyl (C=O) groups is 1. The fraction of sp³-hybridized carbons (Fsp3) is 0.217. The molecular formula is C23H18BrF3N3O5S-. The lowest BCUT2D eigenvalue weighted by Crippen LogP contribution is -2.13. The molecule has 0 unspecified atom stereocenters. The number of imidazole rings is 1. The third kappa shape index (κ3) is 4.48. The zero-order valence-corrected chi connectivity index (χ0v) is 21.2. The number of alkyl halides is 3. The van der Waals surface area contributed by atoms with Crippen LogP contribution >= 0.6 is 15.9 Å². The smallest absolute Gasteiger partial charge is 0.416 e. The number of sulfone groups is 1. The summed E-state index contributed by atoms with van der Waals surface area (Å²) in [6.45, 7) is 1.71. The third-order valence-corrected chi connectivity index (χ3v) is 8.18. The minimum Gasteiger partial charge on any atom is -0.871 e. The maximum Gasteiger partial charge on any atom is 0.416 e. The number of halogens is 4. The van der Waals surface area contributed by atoms with Crippen LogP contribution in [0, 0.1) is 6.92 Å². The first-order valence-corrected chi connectivity index (χ1v) is 12.8. The number of hydrogen-bond donors (Lipinski definition) is 1. The van der Waals surface area contributed by atoms with Crippen molar-refractivity contribution in [2.75, 3.05) is 0 Å². The number of fused-ring (bicyclic) bond motifs is 1. The summed E-state index contributed by atoms with van der Waals surface area (Å²) in [4.78, 5) is 16.1. The van der Waals surface area contributed by atoms with Gasteiger partial charge < -0.3 is 19.3 Å². The molecule has 0 aliphatic carbocycles. The van der Waals surface area contributed by atoms with E-state index in [0.29, 0.717) is 23.5 Å². The van der Waals surface area contributed by atoms with Crippen LogP contribution in [0.1, 0.15) is 33.0 Å². The van der Waals surface area contributed by atoms with Gasteiger partial charge in [-0.1, -0.05) is 21.7 Å². The number of aromatic nitrogens is 3. The fourth-order valence-corrected chi connectivity index (χ4v) is 5.95. The largest absolute Gasteiger partial charge is 0.871 e. The molecule has 13 heteroatoms. The molecule has 0 saturated carbocycles. The van der Waals surface area contributed by atoms with Crippen LogP contribution in [-0.4, -0.2) is 33.6 Å². The highest BCUT2D eigenvalue weighted by molar-refractivity contribution is 9.10. The van der Waals surface area contributed by atoms with E-state index in [0.717, 1.165) is 12.1 Å². The van der Waals surface area contributed by atoms with E-state index in [1.165, 1.54) is 23.9 Å². The Labute approximate surface area is 211 Å². The molecule has 0 aliphatic heterocycles. The van der Waals surface area contributed by atoms with Gasteiger partial charge in [0.05, 0.1) is 27.3 Å². The van der Waals surface area contributed by atoms with Gasteiger partial charge in [0.1, 0.15) is 5.82 Å². The predicted molar refractivity (Wildman–Crippen MR) is 125 cm³/mol. The molecule has 4 rings (SSSR count). The van der Waals surface area contributed by atoms with E-state index < -0.39 is 43.9 Å². The maximum atomic E-state index is 13.1. The second-order valence-electron chi connectivity index (χ2n) is 8.13. The van der Waals surface area contributed by atoms with E-state index in [1.54, 1.807) is 17.7 Å². The molecule has 0 spiro atoms. The van der Waals surface area contributed by atoms with E-state index in [-0.39, 0.29) is 33.2 Å². The summed E-state index contributed by atoms with van der Waals surface area (Å²) in [6, 6.07) is 4.39. The van der Waals surface area contributed by atoms with Gasteiger partial charge in [0.25, 0.3) is 0 Å². The van der Waals surface area contributed by atoms with E-state index in [2.05, 4.69) is 20.9 Å². The van der Waals surface area contributed by atoms with E-state index in [1.807, 2.05) is 0 Å². The van der Waals surface area contributed by atoms with Gasteiger partial charge in [0.15, 0.2) is 9.84 Å². The van der Waals surface area contributed by atoms with Gasteiger partial charge in [-0.15, -0.1) is 0 Å². The molecule has 1 N–H and O–H groups in total. The van der Waals surface area contributed by atoms with Crippen LogP contribution in [-0.2, 0) is 35.4 Å². The van der Waals surface area contributed by atoms with Crippen molar-refractivity contribution in [1.82, 2.24) is 14.1 Å². The SMILES string of the molecule is Cc1nccn1Cc1c([O-])c(Br)cc2c1c(C(=O)O)c(CS(=O)(=O)c1ccc(C(F)(F)F)cc1)n2C. The fourth-order valence-electron chi connectivity index (χ4n) is 4.08. The standard InChI is InChI=1S/C23H19BrF3N3O5S/c1-12-28-7-8-30(12)10-15-19-17(9-16(24)21(15)31)29(2)18(20(19)22(32)33)11-36(34,35)14-5-3-13(4-6-14)23(25,26)27/h3-9,31H,10-11H2,1-2H3,(H,32,33)/p-1. The van der Waals surface area contributed by atoms with Crippen molar-refractivity contribution in [3.8, 4) is 5.75 Å². The van der Waals surface area contributed by atoms with Crippen LogP contribution in [0.4, 0.5) is 13.2 Å². The van der Waals surface area contributed by atoms with Crippen molar-refractivity contribution < 1.29 is 36.6 Å². The summed E-state index contributed by atoms with van der Waals surface area (Å²) >= 11 is 3.21. The molecule has 0 bridgehead atoms. The zero-order chi connectivity index (χ0) is 26.6. The van der Waals surface area contributed by atoms with Gasteiger partial charge in [-0.3, -0.25) is 0 Å². The number of aromatic carboxylic acids is 1. The molecule has 190 valence electrons. The number of nitrogens with zero attached hydrogens (tertiary/aromatic N) is 3. The summed E-state index contributed by atoms with van der Waals surface area (Å²) in [5.41, 5.74) is -1.04. The van der Waals surface area contributed by atoms with Crippen molar-refractivity contribution in [1.29, 1.82) is 0 Å². The monoisotopic (exact) mass is 584 g/mol. The maximum absolute atomic E-state index is 13.1. The van der Waals surface area contributed by atoms with Crippen LogP contribution < -0.4 is 5.11 Å². The average Bonchev–Trinajstić information content (AvgIpc) is 3.31. The average molecular weight is 585 g/mol. The quantitative estimate of drug-likeness (QED) is 0.362. The predicted octanol–water partition coefficient (Wildman–Crippen LogP) is 4.26. The van der Waals surface area contributed by atoms with Gasteiger partial charge in [-0.05, 0) is 42.8 Å². The molecule has 0 aliphatic rings. The first-order chi connectivity index (χ1) is 16.7. The van der Waals surface area contributed by atoms with E-state index in [9.17, 15) is 36.6 Å². The molecule has 2 aromatic carbocycles. The zero-order valence-electron chi connectivity index (χ0n) is 18.8. The van der Waals surface area contributed by atoms with Crippen molar-refractivity contribution in [2.45, 2.75) is 30.3 Å². The number of aryl methyl sites for hydroxylation is 2. The minimum absolute atomic E-state index is 0.00397. The van der Waals surface area contributed by atoms with E-state index in [4.69, 9.17) is 0 Å². The van der Waals surface area contributed by atoms with Gasteiger partial charge in [-0.2, -0.15) is 13.2 Å². The van der Waals surface area contributed by atoms with Crippen molar-refractivity contribution in [3.05, 3.63) is 75.4 Å². The van der Waals surface area contributed by atoms with Crippen LogP contribution in [0.2, 0.25) is 0 Å². The summed E-state index contributed by atoms with van der Waals surface area (Å²) in [6.07, 6.45) is -1.48. The first kappa shape index (κ1) is 25.8. The van der Waals surface area contributed by atoms with Gasteiger partial charge >= 0.3 is 12.1 Å². The van der Waals surface area contributed by atoms with Crippen molar-refractivity contribution in [2.24, 2.45) is 7.05 Å². The van der Waals surface area contributed by atoms with Gasteiger partial charge in [0, 0.05) is 41.5 Å². The number of carboxylic acids is 1. The Bertz CT molecular complexity index is 1610. The highest BCUT2D eigenvalue weighted by atomic mass is 79.9. The number of carboxylic acid groups (broad SMARTS) is 1. The summed E-state index contributed by atoms with van der Waals surface area (Å²) in [5, 5.41) is 23.2. The lowest BCUT2D eigenvalue weighted by atomic mass is 10.0. The molecular weight excluding hydrogens is 567 g/mol. The van der Waals surface area contributed by atoms with E-state index >= 15 is 0 Å². The van der Waals surface area contributed by atoms with Crippen LogP contribution in [0.3, 0.4) is 0 Å². The minimum atomic E-state index is -4.64. The molecule has 0 saturated heterocycles. The molecule has 8 nitrogen and oxygen atoms in total. The first-order valence-electron chi connectivity index (χ1n) is 10.3. The molecule has 36 heavy (non-hydrogen) atoms. The number of rotatable bonds is 6. The van der Waals surface area contributed by atoms with Crippen LogP contribution in [0.25, 0.3) is 10.9 Å². The summed E-state index contributed by atoms with van der Waals surface area (Å²) in [7, 11) is -2.78. The molecule has 0 atom stereocenters. The Morgan fingerprint density at radius 2 is 1.86 bits per heavy atom. The summed E-state index contributed by atoms with van der Waals surface area (Å²) < 4.78 is 68.1. The van der Waals surface area contributed by atoms with Crippen molar-refractivity contribution >= 4 is 42.6 Å². The van der Waals surface area contributed by atoms with Gasteiger partial charge in [0.2, 0.25) is 0 Å². The second-order valence-corrected chi connectivity index (χ2v) is 11.0. The Morgan fingerprint density at radius 1 is 1.22 bits per heavy atom. The Morgan fingerprint density at radius 3 is 2.39 bits per heavy atom. The molecule has 0 fully saturated rings. The van der Waals surface area contributed by atoms with Crippen LogP contribution in [0.15, 0.2) is 52.1 Å². The molecule has 0 radical (unpaired) electrons. The normalized spacial score (nSPS) is 12.4. The van der Waals surface area contributed by atoms with Crippen molar-refractivity contribution in [3.63, 3.8) is 0 Å².